The molecule has 21 heavy (non-hydrogen) atoms. The van der Waals surface area contributed by atoms with Crippen molar-refractivity contribution in [1.82, 2.24) is 15.3 Å². The van der Waals surface area contributed by atoms with E-state index in [1.807, 2.05) is 13.0 Å². The maximum Gasteiger partial charge on any atom is 0.252 e. The van der Waals surface area contributed by atoms with Crippen LogP contribution in [0.1, 0.15) is 27.3 Å². The van der Waals surface area contributed by atoms with E-state index in [2.05, 4.69) is 27.1 Å². The lowest BCUT2D eigenvalue weighted by molar-refractivity contribution is 0.0950. The fourth-order valence-electron chi connectivity index (χ4n) is 1.71. The van der Waals surface area contributed by atoms with Gasteiger partial charge in [0.05, 0.1) is 36.2 Å². The third-order valence-corrected chi connectivity index (χ3v) is 2.76. The first-order chi connectivity index (χ1) is 10.2. The van der Waals surface area contributed by atoms with Crippen LogP contribution in [0.4, 0.5) is 0 Å². The molecule has 3 N–H and O–H groups in total. The highest BCUT2D eigenvalue weighted by atomic mass is 16.1. The van der Waals surface area contributed by atoms with Gasteiger partial charge < -0.3 is 11.1 Å². The number of rotatable bonds is 3. The van der Waals surface area contributed by atoms with Crippen LogP contribution in [0.25, 0.3) is 0 Å². The Morgan fingerprint density at radius 1 is 1.29 bits per heavy atom. The Kier molecular flexibility index (Phi) is 5.02. The number of nitrogens with two attached hydrogens (primary N) is 1. The first kappa shape index (κ1) is 14.7. The van der Waals surface area contributed by atoms with Crippen molar-refractivity contribution >= 4 is 5.91 Å². The Balaban J connectivity index is 2.08. The Morgan fingerprint density at radius 3 is 2.81 bits per heavy atom. The number of carbonyl (C=O) groups excluding carboxylic acids is 1. The van der Waals surface area contributed by atoms with Crippen molar-refractivity contribution in [3.63, 3.8) is 0 Å². The fraction of sp³-hybridized carbons (Fsp3) is 0.188. The van der Waals surface area contributed by atoms with Gasteiger partial charge in [-0.2, -0.15) is 0 Å². The summed E-state index contributed by atoms with van der Waals surface area (Å²) < 4.78 is 0. The minimum atomic E-state index is -0.195. The van der Waals surface area contributed by atoms with Crippen LogP contribution in [0.5, 0.6) is 0 Å². The standard InChI is InChI=1S/C16H16N4O/c1-12-9-19-14(10-18-12)11-20-16(21)15-7-3-2-5-13(15)6-4-8-17/h2-3,5,7,9-10H,8,11,17H2,1H3,(H,20,21). The van der Waals surface area contributed by atoms with Crippen molar-refractivity contribution in [2.45, 2.75) is 13.5 Å². The van der Waals surface area contributed by atoms with E-state index in [1.165, 1.54) is 0 Å². The molecule has 106 valence electrons. The summed E-state index contributed by atoms with van der Waals surface area (Å²) in [5.41, 5.74) is 8.10. The lowest BCUT2D eigenvalue weighted by atomic mass is 10.1. The van der Waals surface area contributed by atoms with Crippen molar-refractivity contribution in [2.75, 3.05) is 6.54 Å². The number of aromatic nitrogens is 2. The average Bonchev–Trinajstić information content (AvgIpc) is 2.52. The molecule has 1 heterocycles. The molecule has 0 atom stereocenters. The Labute approximate surface area is 123 Å². The predicted molar refractivity (Wildman–Crippen MR) is 80.3 cm³/mol. The molecule has 0 aliphatic heterocycles. The summed E-state index contributed by atoms with van der Waals surface area (Å²) >= 11 is 0. The molecule has 0 spiro atoms. The molecule has 2 rings (SSSR count). The Bertz CT molecular complexity index is 683. The lowest BCUT2D eigenvalue weighted by Crippen LogP contribution is -2.24. The molecule has 1 amide bonds. The number of amides is 1. The van der Waals surface area contributed by atoms with Crippen molar-refractivity contribution in [1.29, 1.82) is 0 Å². The lowest BCUT2D eigenvalue weighted by Gasteiger charge is -2.06. The summed E-state index contributed by atoms with van der Waals surface area (Å²) in [7, 11) is 0. The maximum absolute atomic E-state index is 12.2. The van der Waals surface area contributed by atoms with E-state index >= 15 is 0 Å². The van der Waals surface area contributed by atoms with Gasteiger partial charge in [0.25, 0.3) is 5.91 Å². The molecule has 0 unspecified atom stereocenters. The van der Waals surface area contributed by atoms with Crippen molar-refractivity contribution in [2.24, 2.45) is 5.73 Å². The summed E-state index contributed by atoms with van der Waals surface area (Å²) in [6.07, 6.45) is 3.32. The number of hydrogen-bond donors (Lipinski definition) is 2. The number of benzene rings is 1. The molecule has 0 aliphatic rings. The van der Waals surface area contributed by atoms with Crippen LogP contribution >= 0.6 is 0 Å². The second-order valence-electron chi connectivity index (χ2n) is 4.38. The van der Waals surface area contributed by atoms with Gasteiger partial charge in [0.2, 0.25) is 0 Å². The van der Waals surface area contributed by atoms with Crippen LogP contribution < -0.4 is 11.1 Å². The van der Waals surface area contributed by atoms with Gasteiger partial charge in [-0.15, -0.1) is 0 Å². The van der Waals surface area contributed by atoms with Crippen LogP contribution in [0.15, 0.2) is 36.7 Å². The first-order valence-corrected chi connectivity index (χ1v) is 6.54. The van der Waals surface area contributed by atoms with Gasteiger partial charge in [-0.25, -0.2) is 0 Å². The van der Waals surface area contributed by atoms with E-state index in [0.717, 1.165) is 5.69 Å². The van der Waals surface area contributed by atoms with Crippen LogP contribution in [0, 0.1) is 18.8 Å². The van der Waals surface area contributed by atoms with Crippen LogP contribution in [0.3, 0.4) is 0 Å². The van der Waals surface area contributed by atoms with Gasteiger partial charge in [0, 0.05) is 11.8 Å². The molecular formula is C16H16N4O. The first-order valence-electron chi connectivity index (χ1n) is 6.54. The van der Waals surface area contributed by atoms with E-state index in [4.69, 9.17) is 5.73 Å². The fourth-order valence-corrected chi connectivity index (χ4v) is 1.71. The maximum atomic E-state index is 12.2. The number of carbonyl (C=O) groups is 1. The molecule has 0 saturated carbocycles. The number of nitrogens with one attached hydrogen (secondary N) is 1. The van der Waals surface area contributed by atoms with E-state index in [0.29, 0.717) is 23.4 Å². The van der Waals surface area contributed by atoms with Crippen LogP contribution in [-0.2, 0) is 6.54 Å². The highest BCUT2D eigenvalue weighted by Crippen LogP contribution is 2.07. The molecule has 2 aromatic rings. The average molecular weight is 280 g/mol. The van der Waals surface area contributed by atoms with Gasteiger partial charge in [-0.3, -0.25) is 14.8 Å². The second kappa shape index (κ2) is 7.17. The zero-order valence-electron chi connectivity index (χ0n) is 11.8. The van der Waals surface area contributed by atoms with E-state index in [9.17, 15) is 4.79 Å². The minimum Gasteiger partial charge on any atom is -0.346 e. The van der Waals surface area contributed by atoms with Crippen LogP contribution in [0.2, 0.25) is 0 Å². The molecule has 0 bridgehead atoms. The van der Waals surface area contributed by atoms with E-state index < -0.39 is 0 Å². The molecule has 0 saturated heterocycles. The summed E-state index contributed by atoms with van der Waals surface area (Å²) in [6.45, 7) is 2.45. The summed E-state index contributed by atoms with van der Waals surface area (Å²) in [5.74, 6) is 5.46. The molecule has 5 nitrogen and oxygen atoms in total. The molecule has 0 radical (unpaired) electrons. The molecular weight excluding hydrogens is 264 g/mol. The SMILES string of the molecule is Cc1cnc(CNC(=O)c2ccccc2C#CCN)cn1. The third-order valence-electron chi connectivity index (χ3n) is 2.76. The number of aryl methyl sites for hydroxylation is 1. The second-order valence-corrected chi connectivity index (χ2v) is 4.38. The van der Waals surface area contributed by atoms with Gasteiger partial charge in [-0.1, -0.05) is 24.0 Å². The summed E-state index contributed by atoms with van der Waals surface area (Å²) in [6, 6.07) is 7.16. The van der Waals surface area contributed by atoms with Crippen molar-refractivity contribution < 1.29 is 4.79 Å². The monoisotopic (exact) mass is 280 g/mol. The van der Waals surface area contributed by atoms with E-state index in [1.54, 1.807) is 30.6 Å². The smallest absolute Gasteiger partial charge is 0.252 e. The van der Waals surface area contributed by atoms with Gasteiger partial charge in [0.15, 0.2) is 0 Å². The zero-order valence-corrected chi connectivity index (χ0v) is 11.8. The molecule has 5 heteroatoms. The van der Waals surface area contributed by atoms with Gasteiger partial charge >= 0.3 is 0 Å². The normalized spacial score (nSPS) is 9.62. The Morgan fingerprint density at radius 2 is 2.10 bits per heavy atom. The van der Waals surface area contributed by atoms with Gasteiger partial charge in [-0.05, 0) is 19.1 Å². The largest absolute Gasteiger partial charge is 0.346 e. The molecule has 1 aromatic carbocycles. The van der Waals surface area contributed by atoms with Crippen molar-refractivity contribution in [3.8, 4) is 11.8 Å². The molecule has 0 aliphatic carbocycles. The van der Waals surface area contributed by atoms with Crippen molar-refractivity contribution in [3.05, 3.63) is 59.2 Å². The third kappa shape index (κ3) is 4.13. The highest BCUT2D eigenvalue weighted by molar-refractivity contribution is 5.96. The topological polar surface area (TPSA) is 80.9 Å². The molecule has 1 aromatic heterocycles. The summed E-state index contributed by atoms with van der Waals surface area (Å²) in [5, 5.41) is 2.81. The number of hydrogen-bond acceptors (Lipinski definition) is 4. The van der Waals surface area contributed by atoms with E-state index in [-0.39, 0.29) is 12.5 Å². The minimum absolute atomic E-state index is 0.195. The van der Waals surface area contributed by atoms with Crippen LogP contribution in [-0.4, -0.2) is 22.4 Å². The summed E-state index contributed by atoms with van der Waals surface area (Å²) in [4.78, 5) is 20.5. The Hall–Kier alpha value is -2.71. The zero-order chi connectivity index (χ0) is 15.1. The van der Waals surface area contributed by atoms with Gasteiger partial charge in [0.1, 0.15) is 0 Å². The number of nitrogens with zero attached hydrogens (tertiary/aromatic N) is 2. The molecule has 0 fully saturated rings. The highest BCUT2D eigenvalue weighted by Gasteiger charge is 2.09. The predicted octanol–water partition coefficient (Wildman–Crippen LogP) is 1.03. The quantitative estimate of drug-likeness (QED) is 0.823.